The van der Waals surface area contributed by atoms with Crippen molar-refractivity contribution in [2.45, 2.75) is 20.8 Å². The quantitative estimate of drug-likeness (QED) is 0.616. The molecular weight excluding hydrogens is 342 g/mol. The molecule has 26 heavy (non-hydrogen) atoms. The van der Waals surface area contributed by atoms with Crippen LogP contribution in [-0.4, -0.2) is 41.1 Å². The summed E-state index contributed by atoms with van der Waals surface area (Å²) in [6.45, 7) is 9.82. The van der Waals surface area contributed by atoms with Crippen LogP contribution >= 0.6 is 11.3 Å². The zero-order valence-electron chi connectivity index (χ0n) is 15.5. The fourth-order valence-electron chi connectivity index (χ4n) is 2.54. The second-order valence-corrected chi connectivity index (χ2v) is 6.75. The monoisotopic (exact) mass is 365 g/mol. The number of rotatable bonds is 6. The van der Waals surface area contributed by atoms with Crippen LogP contribution in [0.2, 0.25) is 0 Å². The maximum Gasteiger partial charge on any atom is 0.249 e. The molecule has 2 aromatic heterocycles. The van der Waals surface area contributed by atoms with Crippen molar-refractivity contribution < 1.29 is 4.74 Å². The summed E-state index contributed by atoms with van der Waals surface area (Å²) >= 11 is 1.59. The van der Waals surface area contributed by atoms with Crippen molar-refractivity contribution >= 4 is 22.4 Å². The summed E-state index contributed by atoms with van der Waals surface area (Å²) in [5, 5.41) is 3.97. The normalized spacial score (nSPS) is 10.8. The van der Waals surface area contributed by atoms with Crippen molar-refractivity contribution in [3.05, 3.63) is 51.8 Å². The lowest BCUT2D eigenvalue weighted by Crippen LogP contribution is -2.28. The number of thiophene rings is 1. The lowest BCUT2D eigenvalue weighted by atomic mass is 10.1. The molecule has 1 aromatic carbocycles. The van der Waals surface area contributed by atoms with Crippen LogP contribution in [-0.2, 0) is 0 Å². The number of ether oxygens (including phenoxy) is 1. The molecule has 3 aromatic rings. The number of hydrogen-bond acceptors (Lipinski definition) is 5. The molecule has 0 bridgehead atoms. The Morgan fingerprint density at radius 1 is 1.00 bits per heavy atom. The summed E-state index contributed by atoms with van der Waals surface area (Å²) in [6.07, 6.45) is 0. The number of aryl methyl sites for hydroxylation is 1. The van der Waals surface area contributed by atoms with Crippen LogP contribution in [0.3, 0.4) is 0 Å². The van der Waals surface area contributed by atoms with E-state index in [0.717, 1.165) is 36.2 Å². The molecule has 0 radical (unpaired) electrons. The molecule has 3 rings (SSSR count). The van der Waals surface area contributed by atoms with Gasteiger partial charge in [0, 0.05) is 22.9 Å². The summed E-state index contributed by atoms with van der Waals surface area (Å²) in [5.41, 5.74) is 4.48. The van der Waals surface area contributed by atoms with E-state index in [2.05, 4.69) is 59.6 Å². The van der Waals surface area contributed by atoms with E-state index in [0.29, 0.717) is 18.2 Å². The Kier molecular flexibility index (Phi) is 6.21. The third-order valence-corrected chi connectivity index (χ3v) is 4.91. The van der Waals surface area contributed by atoms with Gasteiger partial charge in [0.1, 0.15) is 17.6 Å². The molecule has 0 atom stereocenters. The molecule has 0 unspecified atom stereocenters. The number of likely N-dealkylation sites (N-methyl/N-ethyl adjacent to an activating group) is 1. The average Bonchev–Trinajstić information content (AvgIpc) is 3.12. The van der Waals surface area contributed by atoms with Crippen molar-refractivity contribution in [1.82, 2.24) is 14.9 Å². The van der Waals surface area contributed by atoms with Gasteiger partial charge >= 0.3 is 0 Å². The lowest BCUT2D eigenvalue weighted by molar-refractivity contribution is 0.217. The topological polar surface area (TPSA) is 38.2 Å². The molecular formula is C21H23N3OS. The third-order valence-electron chi connectivity index (χ3n) is 4.20. The molecule has 4 nitrogen and oxygen atoms in total. The first kappa shape index (κ1) is 18.4. The van der Waals surface area contributed by atoms with Crippen LogP contribution in [0, 0.1) is 18.8 Å². The van der Waals surface area contributed by atoms with Gasteiger partial charge in [-0.3, -0.25) is 0 Å². The van der Waals surface area contributed by atoms with Gasteiger partial charge in [0.15, 0.2) is 5.69 Å². The molecule has 0 spiro atoms. The highest BCUT2D eigenvalue weighted by Crippen LogP contribution is 2.21. The Morgan fingerprint density at radius 3 is 2.38 bits per heavy atom. The first-order valence-corrected chi connectivity index (χ1v) is 9.81. The number of aromatic nitrogens is 2. The molecule has 0 aliphatic rings. The molecule has 0 saturated carbocycles. The van der Waals surface area contributed by atoms with E-state index in [-0.39, 0.29) is 0 Å². The van der Waals surface area contributed by atoms with Gasteiger partial charge < -0.3 is 9.64 Å². The summed E-state index contributed by atoms with van der Waals surface area (Å²) in [4.78, 5) is 11.6. The van der Waals surface area contributed by atoms with Crippen LogP contribution in [0.1, 0.15) is 30.7 Å². The highest BCUT2D eigenvalue weighted by atomic mass is 32.1. The highest BCUT2D eigenvalue weighted by molar-refractivity contribution is 7.09. The standard InChI is InChI=1S/C21H23N3OS/c1-4-24(5-2)12-13-25-21-18(22-19-14-26-15-20(19)23-21)11-10-17-8-6-16(3)7-9-17/h6-9,14-15H,4-5,12-13H2,1-3H3. The number of hydrogen-bond donors (Lipinski definition) is 0. The van der Waals surface area contributed by atoms with E-state index >= 15 is 0 Å². The summed E-state index contributed by atoms with van der Waals surface area (Å²) in [5.74, 6) is 6.82. The lowest BCUT2D eigenvalue weighted by Gasteiger charge is -2.17. The van der Waals surface area contributed by atoms with Crippen LogP contribution in [0.15, 0.2) is 35.0 Å². The number of benzene rings is 1. The van der Waals surface area contributed by atoms with Gasteiger partial charge in [-0.15, -0.1) is 11.3 Å². The second kappa shape index (κ2) is 8.79. The van der Waals surface area contributed by atoms with E-state index in [1.54, 1.807) is 11.3 Å². The third kappa shape index (κ3) is 4.60. The minimum Gasteiger partial charge on any atom is -0.474 e. The van der Waals surface area contributed by atoms with Gasteiger partial charge in [0.05, 0.1) is 0 Å². The van der Waals surface area contributed by atoms with Crippen LogP contribution in [0.5, 0.6) is 5.88 Å². The van der Waals surface area contributed by atoms with Gasteiger partial charge in [-0.25, -0.2) is 9.97 Å². The van der Waals surface area contributed by atoms with E-state index < -0.39 is 0 Å². The molecule has 0 saturated heterocycles. The van der Waals surface area contributed by atoms with Crippen molar-refractivity contribution in [3.63, 3.8) is 0 Å². The highest BCUT2D eigenvalue weighted by Gasteiger charge is 2.10. The molecule has 2 heterocycles. The largest absolute Gasteiger partial charge is 0.474 e. The van der Waals surface area contributed by atoms with Gasteiger partial charge in [-0.2, -0.15) is 0 Å². The fraction of sp³-hybridized carbons (Fsp3) is 0.333. The Morgan fingerprint density at radius 2 is 1.69 bits per heavy atom. The van der Waals surface area contributed by atoms with Crippen molar-refractivity contribution in [3.8, 4) is 17.7 Å². The molecule has 0 N–H and O–H groups in total. The first-order valence-electron chi connectivity index (χ1n) is 8.87. The molecule has 134 valence electrons. The Balaban J connectivity index is 1.84. The molecule has 0 aliphatic carbocycles. The van der Waals surface area contributed by atoms with E-state index in [9.17, 15) is 0 Å². The minimum absolute atomic E-state index is 0.516. The minimum atomic E-state index is 0.516. The van der Waals surface area contributed by atoms with Gasteiger partial charge in [0.25, 0.3) is 0 Å². The molecule has 0 aliphatic heterocycles. The zero-order chi connectivity index (χ0) is 18.4. The molecule has 5 heteroatoms. The smallest absolute Gasteiger partial charge is 0.249 e. The summed E-state index contributed by atoms with van der Waals surface area (Å²) in [6, 6.07) is 8.14. The average molecular weight is 366 g/mol. The zero-order valence-corrected chi connectivity index (χ0v) is 16.3. The molecule has 0 amide bonds. The Bertz CT molecular complexity index is 918. The van der Waals surface area contributed by atoms with Gasteiger partial charge in [-0.1, -0.05) is 37.5 Å². The predicted octanol–water partition coefficient (Wildman–Crippen LogP) is 4.12. The van der Waals surface area contributed by atoms with Crippen molar-refractivity contribution in [2.24, 2.45) is 0 Å². The Labute approximate surface area is 158 Å². The predicted molar refractivity (Wildman–Crippen MR) is 108 cm³/mol. The Hall–Kier alpha value is -2.42. The van der Waals surface area contributed by atoms with Crippen LogP contribution in [0.4, 0.5) is 0 Å². The van der Waals surface area contributed by atoms with Gasteiger partial charge in [0.2, 0.25) is 5.88 Å². The number of nitrogens with zero attached hydrogens (tertiary/aromatic N) is 3. The summed E-state index contributed by atoms with van der Waals surface area (Å²) in [7, 11) is 0. The maximum atomic E-state index is 5.94. The number of fused-ring (bicyclic) bond motifs is 1. The SMILES string of the molecule is CCN(CC)CCOc1nc2cscc2nc1C#Cc1ccc(C)cc1. The second-order valence-electron chi connectivity index (χ2n) is 6.01. The van der Waals surface area contributed by atoms with Crippen molar-refractivity contribution in [2.75, 3.05) is 26.2 Å². The van der Waals surface area contributed by atoms with E-state index in [1.165, 1.54) is 5.56 Å². The van der Waals surface area contributed by atoms with E-state index in [4.69, 9.17) is 4.74 Å². The van der Waals surface area contributed by atoms with Crippen LogP contribution in [0.25, 0.3) is 11.0 Å². The van der Waals surface area contributed by atoms with E-state index in [1.807, 2.05) is 22.9 Å². The van der Waals surface area contributed by atoms with Gasteiger partial charge in [-0.05, 0) is 38.1 Å². The van der Waals surface area contributed by atoms with Crippen molar-refractivity contribution in [1.29, 1.82) is 0 Å². The maximum absolute atomic E-state index is 5.94. The summed E-state index contributed by atoms with van der Waals surface area (Å²) < 4.78 is 5.94. The first-order chi connectivity index (χ1) is 12.7. The molecule has 0 fully saturated rings. The van der Waals surface area contributed by atoms with Crippen LogP contribution < -0.4 is 4.74 Å². The fourth-order valence-corrected chi connectivity index (χ4v) is 3.22.